The Morgan fingerprint density at radius 3 is 0.843 bits per heavy atom. The van der Waals surface area contributed by atoms with E-state index in [1.807, 2.05) is 6.08 Å². The fourth-order valence-electron chi connectivity index (χ4n) is 9.02. The van der Waals surface area contributed by atoms with E-state index in [1.54, 1.807) is 6.08 Å². The molecule has 6 heteroatoms. The maximum atomic E-state index is 12.9. The van der Waals surface area contributed by atoms with Gasteiger partial charge in [0.2, 0.25) is 0 Å². The molecule has 0 aromatic heterocycles. The third kappa shape index (κ3) is 67.7. The highest BCUT2D eigenvalue weighted by Gasteiger charge is 2.19. The third-order valence-corrected chi connectivity index (χ3v) is 14.0. The van der Waals surface area contributed by atoms with Gasteiger partial charge in [0, 0.05) is 12.8 Å². The van der Waals surface area contributed by atoms with Crippen LogP contribution in [0.3, 0.4) is 0 Å². The van der Waals surface area contributed by atoms with Crippen molar-refractivity contribution < 1.29 is 28.6 Å². The van der Waals surface area contributed by atoms with Crippen molar-refractivity contribution in [2.45, 2.75) is 297 Å². The van der Waals surface area contributed by atoms with Crippen molar-refractivity contribution >= 4 is 17.9 Å². The van der Waals surface area contributed by atoms with Gasteiger partial charge in [-0.1, -0.05) is 301 Å². The molecule has 6 nitrogen and oxygen atoms in total. The summed E-state index contributed by atoms with van der Waals surface area (Å²) in [7, 11) is 0. The van der Waals surface area contributed by atoms with Gasteiger partial charge in [-0.15, -0.1) is 0 Å². The molecule has 0 fully saturated rings. The van der Waals surface area contributed by atoms with Gasteiger partial charge in [0.25, 0.3) is 0 Å². The molecule has 0 bridgehead atoms. The summed E-state index contributed by atoms with van der Waals surface area (Å²) in [4.78, 5) is 38.3. The molecule has 83 heavy (non-hydrogen) atoms. The second kappa shape index (κ2) is 69.5. The van der Waals surface area contributed by atoms with Crippen LogP contribution in [0.1, 0.15) is 290 Å². The smallest absolute Gasteiger partial charge is 0.309 e. The zero-order valence-corrected chi connectivity index (χ0v) is 53.7. The van der Waals surface area contributed by atoms with Gasteiger partial charge in [-0.05, 0) is 128 Å². The summed E-state index contributed by atoms with van der Waals surface area (Å²) in [6.45, 7) is 6.30. The highest BCUT2D eigenvalue weighted by atomic mass is 16.6. The van der Waals surface area contributed by atoms with Crippen LogP contribution in [0, 0.1) is 0 Å². The molecule has 1 atom stereocenters. The maximum Gasteiger partial charge on any atom is 0.309 e. The SMILES string of the molecule is CC/C=C\C/C=C\C/C=C\C/C=C\C/C=C\CCCCCCCC(=O)OC(COC(=O)C/C=C\C/C=C\C/C=C\C/C=C\C/C=C\CC)COC(=O)CCCCCCCCCCCCCCCC/C=C\C/C=C\C/C=C\CCCCCCC. The van der Waals surface area contributed by atoms with Crippen molar-refractivity contribution in [3.63, 3.8) is 0 Å². The van der Waals surface area contributed by atoms with E-state index in [9.17, 15) is 14.4 Å². The Labute approximate surface area is 511 Å². The number of carbonyl (C=O) groups is 3. The Morgan fingerprint density at radius 1 is 0.265 bits per heavy atom. The molecule has 0 rings (SSSR count). The van der Waals surface area contributed by atoms with Crippen molar-refractivity contribution in [1.82, 2.24) is 0 Å². The molecule has 1 unspecified atom stereocenters. The van der Waals surface area contributed by atoms with Crippen molar-refractivity contribution in [2.24, 2.45) is 0 Å². The highest BCUT2D eigenvalue weighted by molar-refractivity contribution is 5.72. The van der Waals surface area contributed by atoms with Gasteiger partial charge >= 0.3 is 17.9 Å². The van der Waals surface area contributed by atoms with E-state index in [0.717, 1.165) is 135 Å². The number of carbonyl (C=O) groups excluding carboxylic acids is 3. The average Bonchev–Trinajstić information content (AvgIpc) is 3.49. The van der Waals surface area contributed by atoms with Crippen LogP contribution >= 0.6 is 0 Å². The lowest BCUT2D eigenvalue weighted by Crippen LogP contribution is -2.30. The molecule has 468 valence electrons. The summed E-state index contributed by atoms with van der Waals surface area (Å²) < 4.78 is 16.8. The van der Waals surface area contributed by atoms with Crippen LogP contribution in [0.5, 0.6) is 0 Å². The minimum Gasteiger partial charge on any atom is -0.462 e. The Kier molecular flexibility index (Phi) is 65.4. The maximum absolute atomic E-state index is 12.9. The van der Waals surface area contributed by atoms with Crippen LogP contribution in [0.2, 0.25) is 0 Å². The molecular formula is C77H124O6. The quantitative estimate of drug-likeness (QED) is 0.0261. The van der Waals surface area contributed by atoms with Gasteiger partial charge in [-0.2, -0.15) is 0 Å². The number of hydrogen-bond donors (Lipinski definition) is 0. The Bertz CT molecular complexity index is 1840. The van der Waals surface area contributed by atoms with Crippen molar-refractivity contribution in [3.8, 4) is 0 Å². The molecule has 0 aliphatic heterocycles. The largest absolute Gasteiger partial charge is 0.462 e. The lowest BCUT2D eigenvalue weighted by molar-refractivity contribution is -0.166. The molecule has 0 aromatic rings. The van der Waals surface area contributed by atoms with Crippen molar-refractivity contribution in [1.29, 1.82) is 0 Å². The minimum absolute atomic E-state index is 0.116. The van der Waals surface area contributed by atoms with Crippen LogP contribution in [0.15, 0.2) is 158 Å². The number of esters is 3. The number of hydrogen-bond acceptors (Lipinski definition) is 6. The minimum atomic E-state index is -0.838. The molecule has 0 heterocycles. The van der Waals surface area contributed by atoms with Crippen molar-refractivity contribution in [3.05, 3.63) is 158 Å². The number of rotatable bonds is 60. The first-order valence-electron chi connectivity index (χ1n) is 34.0. The van der Waals surface area contributed by atoms with Gasteiger partial charge in [-0.3, -0.25) is 14.4 Å². The summed E-state index contributed by atoms with van der Waals surface area (Å²) in [5.74, 6) is -1.08. The molecule has 0 amide bonds. The van der Waals surface area contributed by atoms with Crippen LogP contribution in [-0.2, 0) is 28.6 Å². The van der Waals surface area contributed by atoms with E-state index >= 15 is 0 Å². The predicted octanol–water partition coefficient (Wildman–Crippen LogP) is 23.7. The first-order chi connectivity index (χ1) is 41.0. The second-order valence-electron chi connectivity index (χ2n) is 22.0. The third-order valence-electron chi connectivity index (χ3n) is 14.0. The Morgan fingerprint density at radius 2 is 0.518 bits per heavy atom. The number of allylic oxidation sites excluding steroid dienone is 25. The van der Waals surface area contributed by atoms with Gasteiger partial charge < -0.3 is 14.2 Å². The zero-order valence-electron chi connectivity index (χ0n) is 53.7. The topological polar surface area (TPSA) is 78.9 Å². The molecular weight excluding hydrogens is 1020 g/mol. The summed E-state index contributed by atoms with van der Waals surface area (Å²) >= 11 is 0. The summed E-state index contributed by atoms with van der Waals surface area (Å²) in [6.07, 6.45) is 101. The second-order valence-corrected chi connectivity index (χ2v) is 22.0. The average molecular weight is 1150 g/mol. The fraction of sp³-hybridized carbons (Fsp3) is 0.623. The monoisotopic (exact) mass is 1140 g/mol. The number of unbranched alkanes of at least 4 members (excludes halogenated alkanes) is 24. The lowest BCUT2D eigenvalue weighted by Gasteiger charge is -2.18. The zero-order chi connectivity index (χ0) is 59.9. The van der Waals surface area contributed by atoms with E-state index in [0.29, 0.717) is 6.42 Å². The van der Waals surface area contributed by atoms with E-state index < -0.39 is 12.1 Å². The summed E-state index contributed by atoms with van der Waals surface area (Å²) in [5, 5.41) is 0. The fourth-order valence-corrected chi connectivity index (χ4v) is 9.02. The summed E-state index contributed by atoms with van der Waals surface area (Å²) in [5.41, 5.74) is 0. The van der Waals surface area contributed by atoms with Gasteiger partial charge in [0.1, 0.15) is 13.2 Å². The Hall–Kier alpha value is -4.97. The van der Waals surface area contributed by atoms with Crippen LogP contribution in [0.25, 0.3) is 0 Å². The molecule has 0 radical (unpaired) electrons. The van der Waals surface area contributed by atoms with Crippen LogP contribution < -0.4 is 0 Å². The van der Waals surface area contributed by atoms with Crippen LogP contribution in [-0.4, -0.2) is 37.2 Å². The molecule has 0 spiro atoms. The molecule has 0 aliphatic carbocycles. The van der Waals surface area contributed by atoms with Gasteiger partial charge in [-0.25, -0.2) is 0 Å². The molecule has 0 saturated heterocycles. The Balaban J connectivity index is 4.41. The highest BCUT2D eigenvalue weighted by Crippen LogP contribution is 2.16. The lowest BCUT2D eigenvalue weighted by atomic mass is 10.0. The molecule has 0 N–H and O–H groups in total. The van der Waals surface area contributed by atoms with Gasteiger partial charge in [0.05, 0.1) is 6.42 Å². The van der Waals surface area contributed by atoms with E-state index in [4.69, 9.17) is 14.2 Å². The van der Waals surface area contributed by atoms with Crippen molar-refractivity contribution in [2.75, 3.05) is 13.2 Å². The summed E-state index contributed by atoms with van der Waals surface area (Å²) in [6, 6.07) is 0. The van der Waals surface area contributed by atoms with E-state index in [2.05, 4.69) is 167 Å². The first kappa shape index (κ1) is 78.0. The standard InChI is InChI=1S/C77H124O6/c1-4-7-10-13-16-19-22-25-28-30-32-34-35-36-37-38-39-40-41-43-44-46-49-52-55-58-61-64-67-70-76(79)82-73-74(72-81-75(78)69-66-63-60-57-54-51-48-27-24-21-18-15-12-9-6-3)83-77(80)71-68-65-62-59-56-53-50-47-45-42-33-31-29-26-23-20-17-14-11-8-5-2/h8-9,11-12,17-18,20-22,25-27,29-30,32-33,35-36,42,47-48,50,54,57,63,66,74H,4-7,10,13-16,19,23-24,28,31,34,37-41,43-46,49,51-53,55-56,58-62,64-65,67-73H2,1-3H3/b11-8-,12-9-,20-17-,21-18-,25-22-,29-26-,32-30-,36-35-,42-33-,48-27-,50-47-,57-54-,66-63-. The van der Waals surface area contributed by atoms with Gasteiger partial charge in [0.15, 0.2) is 6.10 Å². The van der Waals surface area contributed by atoms with Crippen LogP contribution in [0.4, 0.5) is 0 Å². The van der Waals surface area contributed by atoms with E-state index in [-0.39, 0.29) is 38.0 Å². The first-order valence-corrected chi connectivity index (χ1v) is 34.0. The predicted molar refractivity (Wildman–Crippen MR) is 362 cm³/mol. The number of ether oxygens (including phenoxy) is 3. The molecule has 0 saturated carbocycles. The molecule has 0 aliphatic rings. The normalized spacial score (nSPS) is 13.1. The van der Waals surface area contributed by atoms with E-state index in [1.165, 1.54) is 116 Å². The molecule has 0 aromatic carbocycles.